The quantitative estimate of drug-likeness (QED) is 0.878. The molecule has 0 amide bonds. The van der Waals surface area contributed by atoms with Crippen LogP contribution in [0.25, 0.3) is 0 Å². The lowest BCUT2D eigenvalue weighted by Crippen LogP contribution is -2.61. The molecular weight excluding hydrogens is 236 g/mol. The topological polar surface area (TPSA) is 47.3 Å². The number of fused-ring (bicyclic) bond motifs is 1. The summed E-state index contributed by atoms with van der Waals surface area (Å²) < 4.78 is 5.52. The summed E-state index contributed by atoms with van der Waals surface area (Å²) in [6.07, 6.45) is 2.47. The summed E-state index contributed by atoms with van der Waals surface area (Å²) in [6.45, 7) is 4.56. The molecule has 3 heteroatoms. The molecule has 3 nitrogen and oxygen atoms in total. The van der Waals surface area contributed by atoms with Gasteiger partial charge in [0.1, 0.15) is 0 Å². The molecule has 104 valence electrons. The van der Waals surface area contributed by atoms with E-state index >= 15 is 0 Å². The van der Waals surface area contributed by atoms with Gasteiger partial charge in [-0.3, -0.25) is 0 Å². The maximum Gasteiger partial charge on any atom is 0.0652 e. The molecule has 0 aromatic heterocycles. The van der Waals surface area contributed by atoms with Crippen LogP contribution in [-0.4, -0.2) is 19.3 Å². The van der Waals surface area contributed by atoms with Crippen molar-refractivity contribution in [2.24, 2.45) is 11.1 Å². The van der Waals surface area contributed by atoms with Gasteiger partial charge < -0.3 is 15.8 Å². The summed E-state index contributed by atoms with van der Waals surface area (Å²) in [6, 6.07) is 9.64. The van der Waals surface area contributed by atoms with Crippen molar-refractivity contribution < 1.29 is 4.74 Å². The van der Waals surface area contributed by atoms with Gasteiger partial charge in [0, 0.05) is 30.7 Å². The first-order chi connectivity index (χ1) is 9.04. The van der Waals surface area contributed by atoms with E-state index < -0.39 is 0 Å². The number of hydrogen-bond acceptors (Lipinski definition) is 3. The monoisotopic (exact) mass is 260 g/mol. The SMILES string of the molecule is COC1CC(NC2CC(N)c3ccccc32)C1(C)C. The fourth-order valence-corrected chi connectivity index (χ4v) is 3.64. The van der Waals surface area contributed by atoms with Crippen molar-refractivity contribution in [3.63, 3.8) is 0 Å². The highest BCUT2D eigenvalue weighted by molar-refractivity contribution is 5.37. The summed E-state index contributed by atoms with van der Waals surface area (Å²) in [4.78, 5) is 0. The largest absolute Gasteiger partial charge is 0.381 e. The molecular formula is C16H24N2O. The van der Waals surface area contributed by atoms with Crippen molar-refractivity contribution >= 4 is 0 Å². The second kappa shape index (κ2) is 4.58. The molecule has 0 aliphatic heterocycles. The lowest BCUT2D eigenvalue weighted by atomic mass is 9.64. The van der Waals surface area contributed by atoms with Gasteiger partial charge in [-0.15, -0.1) is 0 Å². The highest BCUT2D eigenvalue weighted by Gasteiger charge is 2.49. The molecule has 19 heavy (non-hydrogen) atoms. The van der Waals surface area contributed by atoms with Gasteiger partial charge in [-0.1, -0.05) is 38.1 Å². The normalized spacial score (nSPS) is 35.8. The predicted octanol–water partition coefficient (Wildman–Crippen LogP) is 2.53. The zero-order chi connectivity index (χ0) is 13.6. The van der Waals surface area contributed by atoms with Crippen molar-refractivity contribution in [1.29, 1.82) is 0 Å². The van der Waals surface area contributed by atoms with E-state index in [9.17, 15) is 0 Å². The van der Waals surface area contributed by atoms with Gasteiger partial charge in [0.15, 0.2) is 0 Å². The second-order valence-corrected chi connectivity index (χ2v) is 6.52. The fourth-order valence-electron chi connectivity index (χ4n) is 3.64. The lowest BCUT2D eigenvalue weighted by molar-refractivity contribution is -0.100. The predicted molar refractivity (Wildman–Crippen MR) is 76.8 cm³/mol. The summed E-state index contributed by atoms with van der Waals surface area (Å²) in [5.74, 6) is 0. The van der Waals surface area contributed by atoms with Crippen molar-refractivity contribution in [2.75, 3.05) is 7.11 Å². The van der Waals surface area contributed by atoms with Crippen LogP contribution in [0.4, 0.5) is 0 Å². The van der Waals surface area contributed by atoms with Crippen LogP contribution < -0.4 is 11.1 Å². The van der Waals surface area contributed by atoms with Crippen molar-refractivity contribution in [3.8, 4) is 0 Å². The molecule has 0 spiro atoms. The van der Waals surface area contributed by atoms with E-state index in [2.05, 4.69) is 43.4 Å². The molecule has 2 aliphatic rings. The molecule has 1 aromatic carbocycles. The lowest BCUT2D eigenvalue weighted by Gasteiger charge is -2.52. The van der Waals surface area contributed by atoms with Crippen LogP contribution in [-0.2, 0) is 4.74 Å². The average molecular weight is 260 g/mol. The van der Waals surface area contributed by atoms with E-state index in [1.165, 1.54) is 11.1 Å². The van der Waals surface area contributed by atoms with Gasteiger partial charge in [0.2, 0.25) is 0 Å². The van der Waals surface area contributed by atoms with Gasteiger partial charge in [-0.25, -0.2) is 0 Å². The first-order valence-electron chi connectivity index (χ1n) is 7.17. The van der Waals surface area contributed by atoms with E-state index in [4.69, 9.17) is 10.5 Å². The first kappa shape index (κ1) is 13.1. The minimum absolute atomic E-state index is 0.176. The molecule has 2 aliphatic carbocycles. The number of nitrogens with two attached hydrogens (primary N) is 1. The van der Waals surface area contributed by atoms with Crippen LogP contribution >= 0.6 is 0 Å². The summed E-state index contributed by atoms with van der Waals surface area (Å²) in [7, 11) is 1.81. The van der Waals surface area contributed by atoms with Crippen molar-refractivity contribution in [3.05, 3.63) is 35.4 Å². The molecule has 1 aromatic rings. The summed E-state index contributed by atoms with van der Waals surface area (Å²) in [5.41, 5.74) is 9.12. The van der Waals surface area contributed by atoms with Crippen LogP contribution in [0.5, 0.6) is 0 Å². The molecule has 4 atom stereocenters. The first-order valence-corrected chi connectivity index (χ1v) is 7.17. The molecule has 3 rings (SSSR count). The zero-order valence-electron chi connectivity index (χ0n) is 12.0. The third kappa shape index (κ3) is 2.00. The molecule has 1 saturated carbocycles. The molecule has 1 fully saturated rings. The third-order valence-electron chi connectivity index (χ3n) is 5.13. The molecule has 0 heterocycles. The Bertz CT molecular complexity index is 472. The Kier molecular flexibility index (Phi) is 3.16. The van der Waals surface area contributed by atoms with Crippen LogP contribution in [0.1, 0.15) is 49.9 Å². The molecule has 4 unspecified atom stereocenters. The zero-order valence-corrected chi connectivity index (χ0v) is 12.0. The smallest absolute Gasteiger partial charge is 0.0652 e. The van der Waals surface area contributed by atoms with Crippen molar-refractivity contribution in [2.45, 2.75) is 50.9 Å². The van der Waals surface area contributed by atoms with E-state index in [1.54, 1.807) is 0 Å². The fraction of sp³-hybridized carbons (Fsp3) is 0.625. The number of rotatable bonds is 3. The van der Waals surface area contributed by atoms with Crippen LogP contribution in [0.2, 0.25) is 0 Å². The standard InChI is InChI=1S/C16H24N2O/c1-16(2)14(9-15(16)19-3)18-13-8-12(17)10-6-4-5-7-11(10)13/h4-7,12-15,18H,8-9,17H2,1-3H3. The minimum atomic E-state index is 0.176. The Balaban J connectivity index is 1.73. The highest BCUT2D eigenvalue weighted by atomic mass is 16.5. The number of methoxy groups -OCH3 is 1. The average Bonchev–Trinajstić information content (AvgIpc) is 2.71. The molecule has 0 bridgehead atoms. The van der Waals surface area contributed by atoms with Gasteiger partial charge in [-0.05, 0) is 24.0 Å². The van der Waals surface area contributed by atoms with Gasteiger partial charge in [0.25, 0.3) is 0 Å². The summed E-state index contributed by atoms with van der Waals surface area (Å²) >= 11 is 0. The van der Waals surface area contributed by atoms with Gasteiger partial charge in [-0.2, -0.15) is 0 Å². The molecule has 0 saturated heterocycles. The van der Waals surface area contributed by atoms with Crippen LogP contribution in [0.15, 0.2) is 24.3 Å². The Hall–Kier alpha value is -0.900. The van der Waals surface area contributed by atoms with Crippen molar-refractivity contribution in [1.82, 2.24) is 5.32 Å². The van der Waals surface area contributed by atoms with Crippen LogP contribution in [0, 0.1) is 5.41 Å². The van der Waals surface area contributed by atoms with E-state index in [0.29, 0.717) is 18.2 Å². The van der Waals surface area contributed by atoms with E-state index in [0.717, 1.165) is 12.8 Å². The van der Waals surface area contributed by atoms with Gasteiger partial charge >= 0.3 is 0 Å². The van der Waals surface area contributed by atoms with E-state index in [-0.39, 0.29) is 11.5 Å². The number of ether oxygens (including phenoxy) is 1. The second-order valence-electron chi connectivity index (χ2n) is 6.52. The Morgan fingerprint density at radius 3 is 2.53 bits per heavy atom. The number of hydrogen-bond donors (Lipinski definition) is 2. The maximum absolute atomic E-state index is 6.23. The molecule has 3 N–H and O–H groups in total. The van der Waals surface area contributed by atoms with E-state index in [1.807, 2.05) is 7.11 Å². The Morgan fingerprint density at radius 1 is 1.21 bits per heavy atom. The Labute approximate surface area is 115 Å². The molecule has 0 radical (unpaired) electrons. The summed E-state index contributed by atoms with van der Waals surface area (Å²) in [5, 5.41) is 3.80. The minimum Gasteiger partial charge on any atom is -0.381 e. The Morgan fingerprint density at radius 2 is 1.89 bits per heavy atom. The number of nitrogens with one attached hydrogen (secondary N) is 1. The highest BCUT2D eigenvalue weighted by Crippen LogP contribution is 2.45. The van der Waals surface area contributed by atoms with Crippen LogP contribution in [0.3, 0.4) is 0 Å². The maximum atomic E-state index is 6.23. The van der Waals surface area contributed by atoms with Gasteiger partial charge in [0.05, 0.1) is 6.10 Å². The third-order valence-corrected chi connectivity index (χ3v) is 5.13. The number of benzene rings is 1.